The van der Waals surface area contributed by atoms with Crippen molar-refractivity contribution in [3.8, 4) is 5.75 Å². The number of para-hydroxylation sites is 2. The molecule has 1 amide bonds. The van der Waals surface area contributed by atoms with Crippen LogP contribution in [0.3, 0.4) is 0 Å². The molecule has 1 aliphatic heterocycles. The van der Waals surface area contributed by atoms with Crippen LogP contribution in [-0.2, 0) is 0 Å². The predicted octanol–water partition coefficient (Wildman–Crippen LogP) is 2.19. The molecule has 1 aromatic heterocycles. The topological polar surface area (TPSA) is 70.6 Å². The highest BCUT2D eigenvalue weighted by Crippen LogP contribution is 2.24. The Morgan fingerprint density at radius 1 is 1.19 bits per heavy atom. The molecule has 1 N–H and O–H groups in total. The van der Waals surface area contributed by atoms with E-state index in [2.05, 4.69) is 32.0 Å². The Morgan fingerprint density at radius 3 is 2.62 bits per heavy atom. The third kappa shape index (κ3) is 4.11. The highest BCUT2D eigenvalue weighted by Gasteiger charge is 2.19. The van der Waals surface area contributed by atoms with Gasteiger partial charge in [-0.1, -0.05) is 19.1 Å². The van der Waals surface area contributed by atoms with Crippen molar-refractivity contribution in [3.05, 3.63) is 41.9 Å². The van der Waals surface area contributed by atoms with Crippen LogP contribution < -0.4 is 15.0 Å². The molecule has 1 aliphatic rings. The van der Waals surface area contributed by atoms with Gasteiger partial charge in [0.2, 0.25) is 0 Å². The van der Waals surface area contributed by atoms with Crippen molar-refractivity contribution in [2.45, 2.75) is 13.8 Å². The lowest BCUT2D eigenvalue weighted by Gasteiger charge is -2.34. The summed E-state index contributed by atoms with van der Waals surface area (Å²) in [6, 6.07) is 9.08. The average Bonchev–Trinajstić information content (AvgIpc) is 2.68. The molecule has 1 fully saturated rings. The van der Waals surface area contributed by atoms with E-state index in [4.69, 9.17) is 4.74 Å². The van der Waals surface area contributed by atoms with E-state index in [9.17, 15) is 4.79 Å². The van der Waals surface area contributed by atoms with E-state index >= 15 is 0 Å². The van der Waals surface area contributed by atoms with Crippen LogP contribution in [0.15, 0.2) is 30.3 Å². The third-order valence-corrected chi connectivity index (χ3v) is 4.56. The van der Waals surface area contributed by atoms with Crippen LogP contribution in [0.5, 0.6) is 5.75 Å². The molecule has 1 aromatic carbocycles. The number of aromatic nitrogens is 2. The van der Waals surface area contributed by atoms with Gasteiger partial charge in [0.25, 0.3) is 5.91 Å². The third-order valence-electron chi connectivity index (χ3n) is 4.56. The smallest absolute Gasteiger partial charge is 0.274 e. The summed E-state index contributed by atoms with van der Waals surface area (Å²) in [6.07, 6.45) is 0. The second-order valence-electron chi connectivity index (χ2n) is 6.23. The molecule has 0 atom stereocenters. The number of rotatable bonds is 5. The van der Waals surface area contributed by atoms with Gasteiger partial charge >= 0.3 is 0 Å². The van der Waals surface area contributed by atoms with E-state index in [1.54, 1.807) is 25.3 Å². The summed E-state index contributed by atoms with van der Waals surface area (Å²) in [5.41, 5.74) is 0.978. The largest absolute Gasteiger partial charge is 0.495 e. The first-order chi connectivity index (χ1) is 12.6. The summed E-state index contributed by atoms with van der Waals surface area (Å²) in [7, 11) is 1.58. The van der Waals surface area contributed by atoms with Crippen LogP contribution in [0, 0.1) is 6.92 Å². The summed E-state index contributed by atoms with van der Waals surface area (Å²) in [5, 5.41) is 2.87. The van der Waals surface area contributed by atoms with Gasteiger partial charge in [0.15, 0.2) is 0 Å². The highest BCUT2D eigenvalue weighted by molar-refractivity contribution is 6.04. The summed E-state index contributed by atoms with van der Waals surface area (Å²) >= 11 is 0. The van der Waals surface area contributed by atoms with Gasteiger partial charge in [-0.2, -0.15) is 0 Å². The van der Waals surface area contributed by atoms with E-state index in [1.807, 2.05) is 19.1 Å². The predicted molar refractivity (Wildman–Crippen MR) is 102 cm³/mol. The van der Waals surface area contributed by atoms with Crippen molar-refractivity contribution >= 4 is 17.4 Å². The normalized spacial score (nSPS) is 15.0. The van der Waals surface area contributed by atoms with Crippen molar-refractivity contribution in [2.24, 2.45) is 0 Å². The summed E-state index contributed by atoms with van der Waals surface area (Å²) < 4.78 is 5.29. The van der Waals surface area contributed by atoms with Gasteiger partial charge in [0.1, 0.15) is 23.1 Å². The molecule has 0 radical (unpaired) electrons. The number of hydrogen-bond acceptors (Lipinski definition) is 6. The SMILES string of the molecule is CCN1CCN(c2cc(C(=O)Nc3ccccc3OC)nc(C)n2)CC1. The zero-order valence-electron chi connectivity index (χ0n) is 15.5. The quantitative estimate of drug-likeness (QED) is 0.887. The zero-order valence-corrected chi connectivity index (χ0v) is 15.5. The van der Waals surface area contributed by atoms with Gasteiger partial charge in [-0.25, -0.2) is 9.97 Å². The Bertz CT molecular complexity index is 772. The lowest BCUT2D eigenvalue weighted by atomic mass is 10.2. The van der Waals surface area contributed by atoms with Crippen LogP contribution in [0.4, 0.5) is 11.5 Å². The van der Waals surface area contributed by atoms with Gasteiger partial charge in [0.05, 0.1) is 12.8 Å². The molecule has 2 heterocycles. The number of piperazine rings is 1. The van der Waals surface area contributed by atoms with Crippen molar-refractivity contribution in [2.75, 3.05) is 50.1 Å². The minimum Gasteiger partial charge on any atom is -0.495 e. The van der Waals surface area contributed by atoms with Crippen molar-refractivity contribution < 1.29 is 9.53 Å². The second kappa shape index (κ2) is 8.14. The van der Waals surface area contributed by atoms with Gasteiger partial charge in [-0.15, -0.1) is 0 Å². The number of hydrogen-bond donors (Lipinski definition) is 1. The Hall–Kier alpha value is -2.67. The molecule has 1 saturated heterocycles. The number of aryl methyl sites for hydroxylation is 1. The number of ether oxygens (including phenoxy) is 1. The second-order valence-corrected chi connectivity index (χ2v) is 6.23. The van der Waals surface area contributed by atoms with Crippen LogP contribution in [-0.4, -0.2) is 60.6 Å². The fourth-order valence-corrected chi connectivity index (χ4v) is 3.06. The van der Waals surface area contributed by atoms with Gasteiger partial charge in [-0.3, -0.25) is 4.79 Å². The van der Waals surface area contributed by atoms with Crippen LogP contribution in [0.2, 0.25) is 0 Å². The lowest BCUT2D eigenvalue weighted by molar-refractivity contribution is 0.102. The average molecular weight is 355 g/mol. The first kappa shape index (κ1) is 18.1. The minimum atomic E-state index is -0.270. The highest BCUT2D eigenvalue weighted by atomic mass is 16.5. The molecule has 2 aromatic rings. The number of nitrogens with one attached hydrogen (secondary N) is 1. The molecule has 7 heteroatoms. The molecule has 0 aliphatic carbocycles. The molecule has 0 spiro atoms. The molecule has 0 saturated carbocycles. The Morgan fingerprint density at radius 2 is 1.92 bits per heavy atom. The lowest BCUT2D eigenvalue weighted by Crippen LogP contribution is -2.46. The van der Waals surface area contributed by atoms with Crippen LogP contribution >= 0.6 is 0 Å². The van der Waals surface area contributed by atoms with Crippen molar-refractivity contribution in [3.63, 3.8) is 0 Å². The van der Waals surface area contributed by atoms with Crippen molar-refractivity contribution in [1.82, 2.24) is 14.9 Å². The molecular formula is C19H25N5O2. The van der Waals surface area contributed by atoms with E-state index in [0.29, 0.717) is 23.0 Å². The van der Waals surface area contributed by atoms with Gasteiger partial charge in [-0.05, 0) is 25.6 Å². The maximum Gasteiger partial charge on any atom is 0.274 e. The first-order valence-electron chi connectivity index (χ1n) is 8.88. The Kier molecular flexibility index (Phi) is 5.68. The fraction of sp³-hybridized carbons (Fsp3) is 0.421. The van der Waals surface area contributed by atoms with E-state index in [0.717, 1.165) is 38.5 Å². The van der Waals surface area contributed by atoms with Crippen LogP contribution in [0.25, 0.3) is 0 Å². The fourth-order valence-electron chi connectivity index (χ4n) is 3.06. The van der Waals surface area contributed by atoms with Crippen molar-refractivity contribution in [1.29, 1.82) is 0 Å². The molecular weight excluding hydrogens is 330 g/mol. The number of likely N-dealkylation sites (N-methyl/N-ethyl adjacent to an activating group) is 1. The Balaban J connectivity index is 1.78. The molecule has 3 rings (SSSR count). The number of benzene rings is 1. The monoisotopic (exact) mass is 355 g/mol. The maximum atomic E-state index is 12.7. The molecule has 7 nitrogen and oxygen atoms in total. The zero-order chi connectivity index (χ0) is 18.5. The number of carbonyl (C=O) groups is 1. The maximum absolute atomic E-state index is 12.7. The first-order valence-corrected chi connectivity index (χ1v) is 8.88. The summed E-state index contributed by atoms with van der Waals surface area (Å²) in [4.78, 5) is 26.1. The molecule has 138 valence electrons. The van der Waals surface area contributed by atoms with Gasteiger partial charge in [0, 0.05) is 32.2 Å². The number of amides is 1. The number of methoxy groups -OCH3 is 1. The molecule has 0 unspecified atom stereocenters. The standard InChI is InChI=1S/C19H25N5O2/c1-4-23-9-11-24(12-10-23)18-13-16(20-14(2)21-18)19(25)22-15-7-5-6-8-17(15)26-3/h5-8,13H,4,9-12H2,1-3H3,(H,22,25). The minimum absolute atomic E-state index is 0.270. The summed E-state index contributed by atoms with van der Waals surface area (Å²) in [6.45, 7) is 8.85. The molecule has 26 heavy (non-hydrogen) atoms. The molecule has 0 bridgehead atoms. The summed E-state index contributed by atoms with van der Waals surface area (Å²) in [5.74, 6) is 1.74. The van der Waals surface area contributed by atoms with E-state index in [1.165, 1.54) is 0 Å². The van der Waals surface area contributed by atoms with E-state index in [-0.39, 0.29) is 5.91 Å². The Labute approximate surface area is 154 Å². The number of anilines is 2. The van der Waals surface area contributed by atoms with E-state index < -0.39 is 0 Å². The number of nitrogens with zero attached hydrogens (tertiary/aromatic N) is 4. The van der Waals surface area contributed by atoms with Gasteiger partial charge < -0.3 is 19.9 Å². The van der Waals surface area contributed by atoms with Crippen LogP contribution in [0.1, 0.15) is 23.2 Å². The number of carbonyl (C=O) groups excluding carboxylic acids is 1.